The summed E-state index contributed by atoms with van der Waals surface area (Å²) in [4.78, 5) is 31.2. The quantitative estimate of drug-likeness (QED) is 0.530. The predicted molar refractivity (Wildman–Crippen MR) is 125 cm³/mol. The number of rotatable bonds is 5. The first-order valence-electron chi connectivity index (χ1n) is 9.27. The highest BCUT2D eigenvalue weighted by Crippen LogP contribution is 2.35. The van der Waals surface area contributed by atoms with Crippen LogP contribution in [0.15, 0.2) is 69.9 Å². The van der Waals surface area contributed by atoms with Crippen LogP contribution in [-0.4, -0.2) is 41.2 Å². The van der Waals surface area contributed by atoms with Gasteiger partial charge in [-0.15, -0.1) is 11.3 Å². The van der Waals surface area contributed by atoms with Gasteiger partial charge in [0, 0.05) is 11.9 Å². The summed E-state index contributed by atoms with van der Waals surface area (Å²) in [5.74, 6) is -0.317. The van der Waals surface area contributed by atoms with Crippen molar-refractivity contribution in [1.29, 1.82) is 0 Å². The number of likely N-dealkylation sites (N-methyl/N-ethyl adjacent to an activating group) is 1. The number of amides is 1. The Hall–Kier alpha value is -3.36. The zero-order valence-electron chi connectivity index (χ0n) is 16.7. The molecule has 0 unspecified atom stereocenters. The summed E-state index contributed by atoms with van der Waals surface area (Å²) >= 11 is 2.86. The van der Waals surface area contributed by atoms with E-state index in [0.29, 0.717) is 15.8 Å². The molecule has 1 amide bonds. The van der Waals surface area contributed by atoms with Crippen molar-refractivity contribution in [2.45, 2.75) is 0 Å². The number of hydrogen-bond acceptors (Lipinski definition) is 6. The number of aromatic carboxylic acids is 1. The molecule has 3 aromatic rings. The number of carboxylic acid groups (broad SMARTS) is 1. The third kappa shape index (κ3) is 4.55. The van der Waals surface area contributed by atoms with Gasteiger partial charge in [0.2, 0.25) is 0 Å². The highest BCUT2D eigenvalue weighted by molar-refractivity contribution is 8.18. The molecule has 8 heteroatoms. The molecule has 0 radical (unpaired) electrons. The minimum Gasteiger partial charge on any atom is -0.497 e. The van der Waals surface area contributed by atoms with E-state index in [-0.39, 0.29) is 11.5 Å². The predicted octanol–water partition coefficient (Wildman–Crippen LogP) is 5.36. The maximum atomic E-state index is 12.7. The van der Waals surface area contributed by atoms with Crippen LogP contribution < -0.4 is 4.74 Å². The van der Waals surface area contributed by atoms with Crippen LogP contribution in [0.1, 0.15) is 15.2 Å². The number of aliphatic imine (C=N–C) groups is 1. The SMILES string of the molecule is COc1cccc(-c2csc(/C=C3\S/C(=N/c4ccc(C(=O)O)cc4)N(C)C3=O)c2)c1. The van der Waals surface area contributed by atoms with E-state index >= 15 is 0 Å². The van der Waals surface area contributed by atoms with E-state index in [1.165, 1.54) is 28.8 Å². The number of ether oxygens (including phenoxy) is 1. The van der Waals surface area contributed by atoms with Gasteiger partial charge in [0.15, 0.2) is 5.17 Å². The van der Waals surface area contributed by atoms with Crippen molar-refractivity contribution in [1.82, 2.24) is 4.90 Å². The second kappa shape index (κ2) is 8.79. The molecule has 4 rings (SSSR count). The molecule has 1 fully saturated rings. The van der Waals surface area contributed by atoms with Gasteiger partial charge in [0.1, 0.15) is 5.75 Å². The first kappa shape index (κ1) is 20.9. The Labute approximate surface area is 187 Å². The summed E-state index contributed by atoms with van der Waals surface area (Å²) in [6.45, 7) is 0. The minimum atomic E-state index is -0.990. The Kier molecular flexibility index (Phi) is 5.92. The van der Waals surface area contributed by atoms with E-state index in [4.69, 9.17) is 9.84 Å². The van der Waals surface area contributed by atoms with E-state index in [0.717, 1.165) is 21.8 Å². The van der Waals surface area contributed by atoms with Crippen LogP contribution in [0.4, 0.5) is 5.69 Å². The van der Waals surface area contributed by atoms with Crippen molar-refractivity contribution in [3.63, 3.8) is 0 Å². The number of amidine groups is 1. The molecule has 1 saturated heterocycles. The summed E-state index contributed by atoms with van der Waals surface area (Å²) in [7, 11) is 3.32. The van der Waals surface area contributed by atoms with Crippen molar-refractivity contribution in [3.05, 3.63) is 75.3 Å². The lowest BCUT2D eigenvalue weighted by Gasteiger charge is -2.07. The topological polar surface area (TPSA) is 79.2 Å². The maximum Gasteiger partial charge on any atom is 0.335 e. The molecule has 1 aliphatic heterocycles. The number of carbonyl (C=O) groups excluding carboxylic acids is 1. The fraction of sp³-hybridized carbons (Fsp3) is 0.0870. The van der Waals surface area contributed by atoms with Crippen LogP contribution in [0.2, 0.25) is 0 Å². The second-order valence-corrected chi connectivity index (χ2v) is 8.64. The van der Waals surface area contributed by atoms with E-state index in [2.05, 4.69) is 4.99 Å². The van der Waals surface area contributed by atoms with Crippen LogP contribution >= 0.6 is 23.1 Å². The molecule has 0 spiro atoms. The maximum absolute atomic E-state index is 12.7. The van der Waals surface area contributed by atoms with Crippen LogP contribution in [-0.2, 0) is 4.79 Å². The molecule has 1 N–H and O–H groups in total. The standard InChI is InChI=1S/C23H18N2O4S2/c1-25-21(26)20(31-23(25)24-17-8-6-14(7-9-17)22(27)28)12-19-11-16(13-30-19)15-4-3-5-18(10-15)29-2/h3-13H,1-2H3,(H,27,28)/b20-12-,24-23+. The van der Waals surface area contributed by atoms with E-state index in [9.17, 15) is 9.59 Å². The number of methoxy groups -OCH3 is 1. The average Bonchev–Trinajstić information content (AvgIpc) is 3.35. The normalized spacial score (nSPS) is 16.3. The molecule has 0 bridgehead atoms. The molecule has 31 heavy (non-hydrogen) atoms. The molecular weight excluding hydrogens is 432 g/mol. The fourth-order valence-electron chi connectivity index (χ4n) is 2.95. The monoisotopic (exact) mass is 450 g/mol. The van der Waals surface area contributed by atoms with E-state index in [1.54, 1.807) is 37.6 Å². The minimum absolute atomic E-state index is 0.123. The van der Waals surface area contributed by atoms with Gasteiger partial charge in [-0.25, -0.2) is 9.79 Å². The molecule has 6 nitrogen and oxygen atoms in total. The lowest BCUT2D eigenvalue weighted by atomic mass is 10.1. The lowest BCUT2D eigenvalue weighted by molar-refractivity contribution is -0.121. The molecule has 2 aromatic carbocycles. The number of nitrogens with zero attached hydrogens (tertiary/aromatic N) is 2. The van der Waals surface area contributed by atoms with Crippen molar-refractivity contribution in [3.8, 4) is 16.9 Å². The fourth-order valence-corrected chi connectivity index (χ4v) is 4.85. The first-order valence-corrected chi connectivity index (χ1v) is 11.0. The highest BCUT2D eigenvalue weighted by atomic mass is 32.2. The summed E-state index contributed by atoms with van der Waals surface area (Å²) in [6, 6.07) is 16.1. The molecule has 156 valence electrons. The van der Waals surface area contributed by atoms with Gasteiger partial charge in [-0.3, -0.25) is 9.69 Å². The lowest BCUT2D eigenvalue weighted by Crippen LogP contribution is -2.23. The molecule has 0 atom stereocenters. The number of hydrogen-bond donors (Lipinski definition) is 1. The number of carbonyl (C=O) groups is 2. The molecule has 0 aliphatic carbocycles. The van der Waals surface area contributed by atoms with Crippen molar-refractivity contribution < 1.29 is 19.4 Å². The Morgan fingerprint density at radius 1 is 1.13 bits per heavy atom. The number of benzene rings is 2. The first-order chi connectivity index (χ1) is 14.9. The summed E-state index contributed by atoms with van der Waals surface area (Å²) in [5, 5.41) is 11.6. The zero-order valence-corrected chi connectivity index (χ0v) is 18.4. The van der Waals surface area contributed by atoms with Gasteiger partial charge in [-0.1, -0.05) is 12.1 Å². The van der Waals surface area contributed by atoms with E-state index < -0.39 is 5.97 Å². The smallest absolute Gasteiger partial charge is 0.335 e. The zero-order chi connectivity index (χ0) is 22.0. The third-order valence-corrected chi connectivity index (χ3v) is 6.58. The third-order valence-electron chi connectivity index (χ3n) is 4.64. The number of thiophene rings is 1. The van der Waals surface area contributed by atoms with Crippen LogP contribution in [0.25, 0.3) is 17.2 Å². The van der Waals surface area contributed by atoms with Crippen molar-refractivity contribution in [2.24, 2.45) is 4.99 Å². The van der Waals surface area contributed by atoms with Crippen molar-refractivity contribution in [2.75, 3.05) is 14.2 Å². The molecule has 0 saturated carbocycles. The number of thioether (sulfide) groups is 1. The van der Waals surface area contributed by atoms with Gasteiger partial charge < -0.3 is 9.84 Å². The Morgan fingerprint density at radius 2 is 1.90 bits per heavy atom. The van der Waals surface area contributed by atoms with Crippen LogP contribution in [0, 0.1) is 0 Å². The highest BCUT2D eigenvalue weighted by Gasteiger charge is 2.30. The molecule has 1 aliphatic rings. The van der Waals surface area contributed by atoms with Crippen molar-refractivity contribution >= 4 is 51.9 Å². The summed E-state index contributed by atoms with van der Waals surface area (Å²) in [6.07, 6.45) is 1.87. The summed E-state index contributed by atoms with van der Waals surface area (Å²) in [5.41, 5.74) is 2.89. The summed E-state index contributed by atoms with van der Waals surface area (Å²) < 4.78 is 5.29. The number of carboxylic acids is 1. The largest absolute Gasteiger partial charge is 0.497 e. The van der Waals surface area contributed by atoms with Crippen LogP contribution in [0.3, 0.4) is 0 Å². The van der Waals surface area contributed by atoms with Crippen LogP contribution in [0.5, 0.6) is 5.75 Å². The van der Waals surface area contributed by atoms with Gasteiger partial charge in [-0.05, 0) is 76.8 Å². The van der Waals surface area contributed by atoms with Gasteiger partial charge in [-0.2, -0.15) is 0 Å². The molecule has 1 aromatic heterocycles. The molecule has 2 heterocycles. The average molecular weight is 451 g/mol. The molecular formula is C23H18N2O4S2. The second-order valence-electron chi connectivity index (χ2n) is 6.69. The Morgan fingerprint density at radius 3 is 2.61 bits per heavy atom. The van der Waals surface area contributed by atoms with Gasteiger partial charge >= 0.3 is 5.97 Å². The Balaban J connectivity index is 1.56. The van der Waals surface area contributed by atoms with Gasteiger partial charge in [0.25, 0.3) is 5.91 Å². The Bertz CT molecular complexity index is 1210. The van der Waals surface area contributed by atoms with E-state index in [1.807, 2.05) is 41.8 Å². The van der Waals surface area contributed by atoms with Gasteiger partial charge in [0.05, 0.1) is 23.3 Å².